The molecule has 1 aliphatic carbocycles. The van der Waals surface area contributed by atoms with E-state index in [-0.39, 0.29) is 12.0 Å². The summed E-state index contributed by atoms with van der Waals surface area (Å²) in [6.45, 7) is 0.453. The molecule has 0 bridgehead atoms. The van der Waals surface area contributed by atoms with E-state index in [0.29, 0.717) is 12.5 Å². The van der Waals surface area contributed by atoms with Crippen LogP contribution < -0.4 is 10.5 Å². The van der Waals surface area contributed by atoms with Crippen LogP contribution in [0.15, 0.2) is 24.3 Å². The van der Waals surface area contributed by atoms with Gasteiger partial charge in [-0.15, -0.1) is 0 Å². The predicted molar refractivity (Wildman–Crippen MR) is 72.8 cm³/mol. The van der Waals surface area contributed by atoms with Gasteiger partial charge in [0.05, 0.1) is 13.2 Å². The number of hydrogen-bond acceptors (Lipinski definition) is 3. The molecule has 1 aromatic carbocycles. The van der Waals surface area contributed by atoms with Gasteiger partial charge in [0.15, 0.2) is 0 Å². The monoisotopic (exact) mass is 249 g/mol. The summed E-state index contributed by atoms with van der Waals surface area (Å²) in [7, 11) is 1.66. The van der Waals surface area contributed by atoms with E-state index >= 15 is 0 Å². The Bertz CT molecular complexity index is 377. The average Bonchev–Trinajstić information content (AvgIpc) is 2.35. The Morgan fingerprint density at radius 3 is 2.67 bits per heavy atom. The van der Waals surface area contributed by atoms with Crippen LogP contribution in [0.25, 0.3) is 0 Å². The summed E-state index contributed by atoms with van der Waals surface area (Å²) in [5.74, 6) is 1.48. The molecule has 1 saturated carbocycles. The molecule has 2 rings (SSSR count). The summed E-state index contributed by atoms with van der Waals surface area (Å²) in [5.41, 5.74) is 6.87. The molecule has 2 atom stereocenters. The molecule has 2 unspecified atom stereocenters. The van der Waals surface area contributed by atoms with E-state index in [0.717, 1.165) is 17.7 Å². The van der Waals surface area contributed by atoms with Crippen LogP contribution in [0.5, 0.6) is 5.75 Å². The van der Waals surface area contributed by atoms with Gasteiger partial charge in [-0.3, -0.25) is 0 Å². The van der Waals surface area contributed by atoms with E-state index in [2.05, 4.69) is 0 Å². The van der Waals surface area contributed by atoms with Crippen molar-refractivity contribution in [3.63, 3.8) is 0 Å². The second kappa shape index (κ2) is 6.21. The second-order valence-corrected chi connectivity index (χ2v) is 5.18. The summed E-state index contributed by atoms with van der Waals surface area (Å²) in [4.78, 5) is 0. The number of ether oxygens (including phenoxy) is 1. The zero-order valence-electron chi connectivity index (χ0n) is 11.0. The number of benzene rings is 1. The maximum atomic E-state index is 10.4. The summed E-state index contributed by atoms with van der Waals surface area (Å²) < 4.78 is 5.36. The van der Waals surface area contributed by atoms with E-state index in [1.807, 2.05) is 24.3 Å². The van der Waals surface area contributed by atoms with Gasteiger partial charge in [-0.1, -0.05) is 37.5 Å². The van der Waals surface area contributed by atoms with Crippen LogP contribution in [-0.4, -0.2) is 24.9 Å². The van der Waals surface area contributed by atoms with Crippen LogP contribution >= 0.6 is 0 Å². The highest BCUT2D eigenvalue weighted by Gasteiger charge is 2.27. The topological polar surface area (TPSA) is 55.5 Å². The summed E-state index contributed by atoms with van der Waals surface area (Å²) in [5, 5.41) is 10.4. The third-order valence-electron chi connectivity index (χ3n) is 4.06. The fraction of sp³-hybridized carbons (Fsp3) is 0.600. The molecule has 100 valence electrons. The lowest BCUT2D eigenvalue weighted by atomic mass is 9.78. The Labute approximate surface area is 109 Å². The van der Waals surface area contributed by atoms with Crippen LogP contribution in [0, 0.1) is 5.92 Å². The van der Waals surface area contributed by atoms with E-state index in [9.17, 15) is 5.11 Å². The zero-order chi connectivity index (χ0) is 13.0. The van der Waals surface area contributed by atoms with Crippen molar-refractivity contribution in [2.24, 2.45) is 11.7 Å². The Hall–Kier alpha value is -1.06. The number of nitrogens with two attached hydrogens (primary N) is 1. The third-order valence-corrected chi connectivity index (χ3v) is 4.06. The normalized spacial score (nSPS) is 19.1. The van der Waals surface area contributed by atoms with E-state index in [4.69, 9.17) is 10.5 Å². The minimum absolute atomic E-state index is 0.0262. The maximum absolute atomic E-state index is 10.4. The maximum Gasteiger partial charge on any atom is 0.122 e. The number of aliphatic hydroxyl groups excluding tert-OH is 1. The molecule has 0 aliphatic heterocycles. The van der Waals surface area contributed by atoms with Gasteiger partial charge >= 0.3 is 0 Å². The van der Waals surface area contributed by atoms with Gasteiger partial charge in [0.25, 0.3) is 0 Å². The fourth-order valence-electron chi connectivity index (χ4n) is 2.70. The second-order valence-electron chi connectivity index (χ2n) is 5.18. The number of para-hydroxylation sites is 1. The van der Waals surface area contributed by atoms with Crippen LogP contribution in [0.1, 0.15) is 37.2 Å². The lowest BCUT2D eigenvalue weighted by molar-refractivity contribution is 0.0943. The quantitative estimate of drug-likeness (QED) is 0.813. The Morgan fingerprint density at radius 1 is 1.39 bits per heavy atom. The van der Waals surface area contributed by atoms with Crippen molar-refractivity contribution < 1.29 is 9.84 Å². The van der Waals surface area contributed by atoms with Gasteiger partial charge in [-0.05, 0) is 18.4 Å². The summed E-state index contributed by atoms with van der Waals surface area (Å²) >= 11 is 0. The van der Waals surface area contributed by atoms with Gasteiger partial charge in [0.2, 0.25) is 0 Å². The molecule has 3 heteroatoms. The van der Waals surface area contributed by atoms with Crippen molar-refractivity contribution in [1.82, 2.24) is 0 Å². The first kappa shape index (κ1) is 13.4. The highest BCUT2D eigenvalue weighted by Crippen LogP contribution is 2.35. The number of hydrogen-bond donors (Lipinski definition) is 2. The molecular formula is C15H23NO2. The van der Waals surface area contributed by atoms with Crippen molar-refractivity contribution in [2.45, 2.75) is 37.7 Å². The highest BCUT2D eigenvalue weighted by molar-refractivity contribution is 5.37. The highest BCUT2D eigenvalue weighted by atomic mass is 16.5. The molecule has 1 fully saturated rings. The predicted octanol–water partition coefficient (Wildman–Crippen LogP) is 2.29. The van der Waals surface area contributed by atoms with Crippen molar-refractivity contribution in [3.8, 4) is 5.75 Å². The van der Waals surface area contributed by atoms with Crippen LogP contribution in [0.3, 0.4) is 0 Å². The minimum Gasteiger partial charge on any atom is -0.496 e. The van der Waals surface area contributed by atoms with Gasteiger partial charge in [0, 0.05) is 18.0 Å². The smallest absolute Gasteiger partial charge is 0.122 e. The van der Waals surface area contributed by atoms with Crippen LogP contribution in [-0.2, 0) is 0 Å². The molecule has 1 aliphatic rings. The lowest BCUT2D eigenvalue weighted by Gasteiger charge is -2.31. The molecular weight excluding hydrogens is 226 g/mol. The number of rotatable bonds is 6. The fourth-order valence-corrected chi connectivity index (χ4v) is 2.70. The van der Waals surface area contributed by atoms with E-state index in [1.165, 1.54) is 19.3 Å². The van der Waals surface area contributed by atoms with Gasteiger partial charge < -0.3 is 15.6 Å². The third kappa shape index (κ3) is 2.85. The standard InChI is InChI=1S/C15H23NO2/c1-18-15-8-3-2-7-12(15)13(10-16)14(17)9-11-5-4-6-11/h2-3,7-8,11,13-14,17H,4-6,9-10,16H2,1H3. The Morgan fingerprint density at radius 2 is 2.11 bits per heavy atom. The van der Waals surface area contributed by atoms with Crippen molar-refractivity contribution in [1.29, 1.82) is 0 Å². The molecule has 0 aromatic heterocycles. The Kier molecular flexibility index (Phi) is 4.61. The minimum atomic E-state index is -0.364. The molecule has 0 saturated heterocycles. The van der Waals surface area contributed by atoms with Crippen LogP contribution in [0.2, 0.25) is 0 Å². The SMILES string of the molecule is COc1ccccc1C(CN)C(O)CC1CCC1. The van der Waals surface area contributed by atoms with E-state index in [1.54, 1.807) is 7.11 Å². The van der Waals surface area contributed by atoms with Crippen LogP contribution in [0.4, 0.5) is 0 Å². The van der Waals surface area contributed by atoms with Gasteiger partial charge in [-0.2, -0.15) is 0 Å². The average molecular weight is 249 g/mol. The first-order valence-corrected chi connectivity index (χ1v) is 6.77. The molecule has 0 amide bonds. The molecule has 0 spiro atoms. The lowest BCUT2D eigenvalue weighted by Crippen LogP contribution is -2.30. The molecule has 0 radical (unpaired) electrons. The zero-order valence-corrected chi connectivity index (χ0v) is 11.0. The number of methoxy groups -OCH3 is 1. The first-order chi connectivity index (χ1) is 8.76. The van der Waals surface area contributed by atoms with E-state index < -0.39 is 0 Å². The van der Waals surface area contributed by atoms with Crippen molar-refractivity contribution in [2.75, 3.05) is 13.7 Å². The molecule has 0 heterocycles. The van der Waals surface area contributed by atoms with Gasteiger partial charge in [-0.25, -0.2) is 0 Å². The number of aliphatic hydroxyl groups is 1. The molecule has 3 nitrogen and oxygen atoms in total. The summed E-state index contributed by atoms with van der Waals surface area (Å²) in [6.07, 6.45) is 4.30. The van der Waals surface area contributed by atoms with Crippen molar-refractivity contribution in [3.05, 3.63) is 29.8 Å². The van der Waals surface area contributed by atoms with Gasteiger partial charge in [0.1, 0.15) is 5.75 Å². The Balaban J connectivity index is 2.10. The summed E-state index contributed by atoms with van der Waals surface area (Å²) in [6, 6.07) is 7.83. The molecule has 3 N–H and O–H groups in total. The molecule has 18 heavy (non-hydrogen) atoms. The largest absolute Gasteiger partial charge is 0.496 e. The van der Waals surface area contributed by atoms with Crippen molar-refractivity contribution >= 4 is 0 Å². The molecule has 1 aromatic rings. The first-order valence-electron chi connectivity index (χ1n) is 6.77.